The fraction of sp³-hybridized carbons (Fsp3) is 0.278. The highest BCUT2D eigenvalue weighted by Crippen LogP contribution is 2.34. The zero-order valence-electron chi connectivity index (χ0n) is 13.6. The van der Waals surface area contributed by atoms with Crippen molar-refractivity contribution in [2.45, 2.75) is 19.4 Å². The maximum atomic E-state index is 13.1. The standard InChI is InChI=1S/C18H18N2O4/c1-3-24-16-13(8-6-10-19-16)17(21)20-14-9-5-4-7-12(14)11-15(20)18(22)23-2/h4-10,15H,3,11H2,1-2H3/t15-/m1/s1. The molecule has 0 radical (unpaired) electrons. The van der Waals surface area contributed by atoms with Gasteiger partial charge in [-0.3, -0.25) is 9.69 Å². The molecule has 1 aliphatic rings. The van der Waals surface area contributed by atoms with E-state index in [1.54, 1.807) is 18.3 Å². The number of carbonyl (C=O) groups excluding carboxylic acids is 2. The summed E-state index contributed by atoms with van der Waals surface area (Å²) >= 11 is 0. The van der Waals surface area contributed by atoms with Crippen molar-refractivity contribution in [1.29, 1.82) is 0 Å². The van der Waals surface area contributed by atoms with E-state index in [-0.39, 0.29) is 11.8 Å². The van der Waals surface area contributed by atoms with Crippen LogP contribution in [0.4, 0.5) is 5.69 Å². The van der Waals surface area contributed by atoms with Gasteiger partial charge in [0.15, 0.2) is 0 Å². The third-order valence-electron chi connectivity index (χ3n) is 3.95. The number of rotatable bonds is 4. The third-order valence-corrected chi connectivity index (χ3v) is 3.95. The molecule has 1 aromatic carbocycles. The zero-order chi connectivity index (χ0) is 17.1. The molecule has 124 valence electrons. The van der Waals surface area contributed by atoms with E-state index in [1.807, 2.05) is 31.2 Å². The summed E-state index contributed by atoms with van der Waals surface area (Å²) in [7, 11) is 1.32. The summed E-state index contributed by atoms with van der Waals surface area (Å²) in [4.78, 5) is 30.9. The number of carbonyl (C=O) groups is 2. The number of benzene rings is 1. The fourth-order valence-electron chi connectivity index (χ4n) is 2.90. The van der Waals surface area contributed by atoms with Crippen LogP contribution in [0.25, 0.3) is 0 Å². The van der Waals surface area contributed by atoms with E-state index in [4.69, 9.17) is 9.47 Å². The molecule has 2 aromatic rings. The monoisotopic (exact) mass is 326 g/mol. The minimum Gasteiger partial charge on any atom is -0.477 e. The molecular formula is C18H18N2O4. The molecule has 0 saturated carbocycles. The van der Waals surface area contributed by atoms with Crippen molar-refractivity contribution in [3.63, 3.8) is 0 Å². The molecule has 0 aliphatic carbocycles. The lowest BCUT2D eigenvalue weighted by atomic mass is 10.1. The highest BCUT2D eigenvalue weighted by atomic mass is 16.5. The number of aromatic nitrogens is 1. The quantitative estimate of drug-likeness (QED) is 0.806. The van der Waals surface area contributed by atoms with Crippen molar-refractivity contribution >= 4 is 17.6 Å². The molecule has 6 nitrogen and oxygen atoms in total. The maximum absolute atomic E-state index is 13.1. The Bertz CT molecular complexity index is 775. The summed E-state index contributed by atoms with van der Waals surface area (Å²) in [5.74, 6) is -0.508. The lowest BCUT2D eigenvalue weighted by Gasteiger charge is -2.24. The van der Waals surface area contributed by atoms with Crippen LogP contribution in [0, 0.1) is 0 Å². The summed E-state index contributed by atoms with van der Waals surface area (Å²) in [5, 5.41) is 0. The summed E-state index contributed by atoms with van der Waals surface area (Å²) < 4.78 is 10.3. The Balaban J connectivity index is 2.04. The topological polar surface area (TPSA) is 68.7 Å². The molecule has 1 amide bonds. The van der Waals surface area contributed by atoms with Gasteiger partial charge in [0.25, 0.3) is 5.91 Å². The lowest BCUT2D eigenvalue weighted by Crippen LogP contribution is -2.43. The number of esters is 1. The Morgan fingerprint density at radius 3 is 2.79 bits per heavy atom. The van der Waals surface area contributed by atoms with Gasteiger partial charge in [0.2, 0.25) is 5.88 Å². The van der Waals surface area contributed by atoms with Crippen molar-refractivity contribution in [1.82, 2.24) is 4.98 Å². The highest BCUT2D eigenvalue weighted by Gasteiger charge is 2.40. The van der Waals surface area contributed by atoms with Crippen molar-refractivity contribution in [2.75, 3.05) is 18.6 Å². The van der Waals surface area contributed by atoms with Crippen LogP contribution < -0.4 is 9.64 Å². The van der Waals surface area contributed by atoms with E-state index in [1.165, 1.54) is 12.0 Å². The first-order valence-electron chi connectivity index (χ1n) is 7.74. The molecule has 0 unspecified atom stereocenters. The van der Waals surface area contributed by atoms with Crippen molar-refractivity contribution < 1.29 is 19.1 Å². The molecule has 1 atom stereocenters. The van der Waals surface area contributed by atoms with Crippen molar-refractivity contribution in [3.05, 3.63) is 53.7 Å². The Hall–Kier alpha value is -2.89. The second-order valence-electron chi connectivity index (χ2n) is 5.34. The van der Waals surface area contributed by atoms with E-state index in [2.05, 4.69) is 4.98 Å². The van der Waals surface area contributed by atoms with Crippen LogP contribution in [0.5, 0.6) is 5.88 Å². The number of pyridine rings is 1. The number of para-hydroxylation sites is 1. The van der Waals surface area contributed by atoms with Crippen LogP contribution >= 0.6 is 0 Å². The molecule has 0 spiro atoms. The molecule has 1 aromatic heterocycles. The second kappa shape index (κ2) is 6.70. The first kappa shape index (κ1) is 16.0. The molecule has 0 bridgehead atoms. The Morgan fingerprint density at radius 2 is 2.04 bits per heavy atom. The molecule has 1 aliphatic heterocycles. The van der Waals surface area contributed by atoms with Crippen LogP contribution in [0.2, 0.25) is 0 Å². The number of methoxy groups -OCH3 is 1. The smallest absolute Gasteiger partial charge is 0.329 e. The number of nitrogens with zero attached hydrogens (tertiary/aromatic N) is 2. The first-order chi connectivity index (χ1) is 11.7. The van der Waals surface area contributed by atoms with Crippen molar-refractivity contribution in [2.24, 2.45) is 0 Å². The highest BCUT2D eigenvalue weighted by molar-refractivity contribution is 6.12. The van der Waals surface area contributed by atoms with Gasteiger partial charge in [-0.1, -0.05) is 18.2 Å². The minimum atomic E-state index is -0.686. The van der Waals surface area contributed by atoms with Gasteiger partial charge in [-0.05, 0) is 30.7 Å². The van der Waals surface area contributed by atoms with Crippen LogP contribution in [0.1, 0.15) is 22.8 Å². The summed E-state index contributed by atoms with van der Waals surface area (Å²) in [6, 6.07) is 10.1. The van der Waals surface area contributed by atoms with E-state index in [0.29, 0.717) is 24.3 Å². The average molecular weight is 326 g/mol. The number of hydrogen-bond acceptors (Lipinski definition) is 5. The van der Waals surface area contributed by atoms with Crippen molar-refractivity contribution in [3.8, 4) is 5.88 Å². The lowest BCUT2D eigenvalue weighted by molar-refractivity contribution is -0.141. The largest absolute Gasteiger partial charge is 0.477 e. The van der Waals surface area contributed by atoms with E-state index < -0.39 is 12.0 Å². The molecular weight excluding hydrogens is 308 g/mol. The number of anilines is 1. The predicted octanol–water partition coefficient (Wildman–Crippen LogP) is 2.22. The van der Waals surface area contributed by atoms with Gasteiger partial charge in [-0.2, -0.15) is 0 Å². The number of amides is 1. The average Bonchev–Trinajstić information content (AvgIpc) is 3.00. The van der Waals surface area contributed by atoms with Gasteiger partial charge in [-0.25, -0.2) is 9.78 Å². The SMILES string of the molecule is CCOc1ncccc1C(=O)N1c2ccccc2C[C@@H]1C(=O)OC. The summed E-state index contributed by atoms with van der Waals surface area (Å²) in [5.41, 5.74) is 1.97. The Morgan fingerprint density at radius 1 is 1.25 bits per heavy atom. The van der Waals surface area contributed by atoms with E-state index >= 15 is 0 Å². The van der Waals surface area contributed by atoms with Gasteiger partial charge < -0.3 is 9.47 Å². The van der Waals surface area contributed by atoms with E-state index in [0.717, 1.165) is 5.56 Å². The van der Waals surface area contributed by atoms with Gasteiger partial charge in [0.1, 0.15) is 11.6 Å². The second-order valence-corrected chi connectivity index (χ2v) is 5.34. The fourth-order valence-corrected chi connectivity index (χ4v) is 2.90. The number of ether oxygens (including phenoxy) is 2. The van der Waals surface area contributed by atoms with Crippen LogP contribution in [0.15, 0.2) is 42.6 Å². The van der Waals surface area contributed by atoms with Gasteiger partial charge in [0.05, 0.1) is 13.7 Å². The van der Waals surface area contributed by atoms with Crippen LogP contribution in [-0.4, -0.2) is 36.6 Å². The van der Waals surface area contributed by atoms with Gasteiger partial charge in [-0.15, -0.1) is 0 Å². The molecule has 0 fully saturated rings. The number of fused-ring (bicyclic) bond motifs is 1. The van der Waals surface area contributed by atoms with Gasteiger partial charge >= 0.3 is 5.97 Å². The van der Waals surface area contributed by atoms with Crippen LogP contribution in [0.3, 0.4) is 0 Å². The minimum absolute atomic E-state index is 0.262. The maximum Gasteiger partial charge on any atom is 0.329 e. The normalized spacial score (nSPS) is 15.8. The zero-order valence-corrected chi connectivity index (χ0v) is 13.6. The Kier molecular flexibility index (Phi) is 4.46. The molecule has 24 heavy (non-hydrogen) atoms. The predicted molar refractivity (Wildman–Crippen MR) is 88.2 cm³/mol. The summed E-state index contributed by atoms with van der Waals surface area (Å²) in [6.07, 6.45) is 2.00. The van der Waals surface area contributed by atoms with Gasteiger partial charge in [0, 0.05) is 18.3 Å². The third kappa shape index (κ3) is 2.71. The molecule has 0 N–H and O–H groups in total. The molecule has 0 saturated heterocycles. The summed E-state index contributed by atoms with van der Waals surface area (Å²) in [6.45, 7) is 2.22. The van der Waals surface area contributed by atoms with Crippen LogP contribution in [-0.2, 0) is 16.0 Å². The molecule has 3 rings (SSSR count). The molecule has 6 heteroatoms. The first-order valence-corrected chi connectivity index (χ1v) is 7.74. The molecule has 2 heterocycles. The number of hydrogen-bond donors (Lipinski definition) is 0. The van der Waals surface area contributed by atoms with E-state index in [9.17, 15) is 9.59 Å². The Labute approximate surface area is 140 Å².